The summed E-state index contributed by atoms with van der Waals surface area (Å²) in [4.78, 5) is 2.64. The number of hydrogen-bond donors (Lipinski definition) is 0. The van der Waals surface area contributed by atoms with Crippen molar-refractivity contribution in [2.24, 2.45) is 5.92 Å². The molecule has 0 aromatic heterocycles. The third-order valence-corrected chi connectivity index (χ3v) is 7.54. The molecule has 1 heterocycles. The van der Waals surface area contributed by atoms with E-state index < -0.39 is 0 Å². The highest BCUT2D eigenvalue weighted by atomic mass is 35.5. The second kappa shape index (κ2) is 5.86. The highest BCUT2D eigenvalue weighted by Crippen LogP contribution is 2.55. The van der Waals surface area contributed by atoms with Crippen molar-refractivity contribution in [2.75, 3.05) is 13.6 Å². The average Bonchev–Trinajstić information content (AvgIpc) is 2.65. The van der Waals surface area contributed by atoms with Gasteiger partial charge in [0.25, 0.3) is 0 Å². The summed E-state index contributed by atoms with van der Waals surface area (Å²) in [7, 11) is 2.34. The molecule has 2 fully saturated rings. The molecule has 2 aromatic rings. The fourth-order valence-electron chi connectivity index (χ4n) is 6.02. The van der Waals surface area contributed by atoms with E-state index in [0.29, 0.717) is 5.41 Å². The summed E-state index contributed by atoms with van der Waals surface area (Å²) in [6, 6.07) is 16.3. The number of hydrogen-bond acceptors (Lipinski definition) is 1. The van der Waals surface area contributed by atoms with E-state index in [1.165, 1.54) is 56.2 Å². The van der Waals surface area contributed by atoms with Crippen molar-refractivity contribution in [3.8, 4) is 11.1 Å². The van der Waals surface area contributed by atoms with Crippen molar-refractivity contribution in [3.63, 3.8) is 0 Å². The molecule has 3 atom stereocenters. The zero-order valence-electron chi connectivity index (χ0n) is 15.0. The third kappa shape index (κ3) is 2.39. The minimum atomic E-state index is 0.436. The number of nitrogens with zero attached hydrogens (tertiary/aromatic N) is 1. The first-order valence-corrected chi connectivity index (χ1v) is 10.1. The lowest BCUT2D eigenvalue weighted by Gasteiger charge is -2.58. The molecule has 5 rings (SSSR count). The molecule has 1 saturated heterocycles. The van der Waals surface area contributed by atoms with E-state index in [4.69, 9.17) is 11.6 Å². The molecule has 1 aliphatic heterocycles. The Kier molecular flexibility index (Phi) is 3.73. The summed E-state index contributed by atoms with van der Waals surface area (Å²) in [6.07, 6.45) is 8.19. The number of likely N-dealkylation sites (tertiary alicyclic amines) is 1. The zero-order valence-corrected chi connectivity index (χ0v) is 15.7. The van der Waals surface area contributed by atoms with Gasteiger partial charge in [0.2, 0.25) is 0 Å². The molecule has 2 aromatic carbocycles. The maximum atomic E-state index is 6.08. The molecule has 2 bridgehead atoms. The van der Waals surface area contributed by atoms with E-state index in [2.05, 4.69) is 42.3 Å². The largest absolute Gasteiger partial charge is 0.303 e. The summed E-state index contributed by atoms with van der Waals surface area (Å²) in [6.45, 7) is 1.26. The number of halogens is 1. The van der Waals surface area contributed by atoms with Crippen molar-refractivity contribution in [2.45, 2.75) is 50.0 Å². The van der Waals surface area contributed by atoms with Crippen molar-refractivity contribution in [1.82, 2.24) is 4.90 Å². The van der Waals surface area contributed by atoms with Crippen LogP contribution >= 0.6 is 11.6 Å². The van der Waals surface area contributed by atoms with Gasteiger partial charge in [-0.25, -0.2) is 0 Å². The fraction of sp³-hybridized carbons (Fsp3) is 0.478. The number of fused-ring (bicyclic) bond motifs is 1. The molecule has 1 saturated carbocycles. The van der Waals surface area contributed by atoms with Gasteiger partial charge in [0.15, 0.2) is 0 Å². The van der Waals surface area contributed by atoms with Gasteiger partial charge in [0.05, 0.1) is 0 Å². The summed E-state index contributed by atoms with van der Waals surface area (Å²) in [5.41, 5.74) is 6.35. The van der Waals surface area contributed by atoms with E-state index in [-0.39, 0.29) is 0 Å². The quantitative estimate of drug-likeness (QED) is 0.637. The summed E-state index contributed by atoms with van der Waals surface area (Å²) in [5.74, 6) is 0.855. The topological polar surface area (TPSA) is 3.24 Å². The van der Waals surface area contributed by atoms with Crippen molar-refractivity contribution in [1.29, 1.82) is 0 Å². The second-order valence-electron chi connectivity index (χ2n) is 8.39. The molecule has 3 aliphatic rings. The first-order valence-electron chi connectivity index (χ1n) is 9.77. The van der Waals surface area contributed by atoms with Crippen LogP contribution in [0.2, 0.25) is 5.02 Å². The van der Waals surface area contributed by atoms with Crippen LogP contribution in [0, 0.1) is 5.92 Å². The predicted molar refractivity (Wildman–Crippen MR) is 105 cm³/mol. The van der Waals surface area contributed by atoms with Gasteiger partial charge >= 0.3 is 0 Å². The van der Waals surface area contributed by atoms with E-state index in [1.54, 1.807) is 11.1 Å². The predicted octanol–water partition coefficient (Wildman–Crippen LogP) is 5.70. The van der Waals surface area contributed by atoms with Crippen LogP contribution in [0.5, 0.6) is 0 Å². The molecular weight excluding hydrogens is 326 g/mol. The van der Waals surface area contributed by atoms with Crippen LogP contribution in [-0.4, -0.2) is 24.5 Å². The molecule has 0 radical (unpaired) electrons. The van der Waals surface area contributed by atoms with Crippen LogP contribution in [0.15, 0.2) is 42.5 Å². The van der Waals surface area contributed by atoms with Crippen molar-refractivity contribution < 1.29 is 0 Å². The smallest absolute Gasteiger partial charge is 0.0406 e. The van der Waals surface area contributed by atoms with E-state index in [0.717, 1.165) is 17.0 Å². The number of benzene rings is 2. The zero-order chi connectivity index (χ0) is 17.0. The standard InChI is InChI=1S/C23H26ClN/c1-25-13-12-23-11-3-2-4-20(23)22(25)15-18-6-5-17(14-21(18)23)16-7-9-19(24)10-8-16/h5-10,14,20,22H,2-4,11-13,15H2,1H3/t20-,22-,23?/m1/s1. The molecule has 0 spiro atoms. The Bertz CT molecular complexity index is 796. The molecule has 2 heteroatoms. The maximum Gasteiger partial charge on any atom is 0.0406 e. The van der Waals surface area contributed by atoms with E-state index >= 15 is 0 Å². The lowest BCUT2D eigenvalue weighted by molar-refractivity contribution is 0.00290. The Morgan fingerprint density at radius 2 is 1.80 bits per heavy atom. The van der Waals surface area contributed by atoms with Crippen LogP contribution in [-0.2, 0) is 11.8 Å². The molecular formula is C23H26ClN. The Morgan fingerprint density at radius 3 is 2.64 bits per heavy atom. The van der Waals surface area contributed by atoms with Gasteiger partial charge in [0.1, 0.15) is 0 Å². The summed E-state index contributed by atoms with van der Waals surface area (Å²) < 4.78 is 0. The number of piperidine rings is 1. The van der Waals surface area contributed by atoms with Gasteiger partial charge in [-0.2, -0.15) is 0 Å². The van der Waals surface area contributed by atoms with E-state index in [9.17, 15) is 0 Å². The lowest BCUT2D eigenvalue weighted by Crippen LogP contribution is -2.59. The normalized spacial score (nSPS) is 31.3. The highest BCUT2D eigenvalue weighted by molar-refractivity contribution is 6.30. The first kappa shape index (κ1) is 15.9. The molecule has 0 amide bonds. The van der Waals surface area contributed by atoms with Gasteiger partial charge in [-0.05, 0) is 79.6 Å². The van der Waals surface area contributed by atoms with Crippen LogP contribution in [0.3, 0.4) is 0 Å². The number of rotatable bonds is 1. The molecule has 2 aliphatic carbocycles. The highest BCUT2D eigenvalue weighted by Gasteiger charge is 2.52. The molecule has 130 valence electrons. The summed E-state index contributed by atoms with van der Waals surface area (Å²) in [5, 5.41) is 0.811. The average molecular weight is 352 g/mol. The van der Waals surface area contributed by atoms with Gasteiger partial charge in [0, 0.05) is 16.5 Å². The molecule has 1 unspecified atom stereocenters. The first-order chi connectivity index (χ1) is 12.2. The fourth-order valence-corrected chi connectivity index (χ4v) is 6.14. The van der Waals surface area contributed by atoms with Crippen LogP contribution in [0.25, 0.3) is 11.1 Å². The summed E-state index contributed by atoms with van der Waals surface area (Å²) >= 11 is 6.08. The lowest BCUT2D eigenvalue weighted by atomic mass is 9.52. The van der Waals surface area contributed by atoms with Gasteiger partial charge in [-0.1, -0.05) is 54.8 Å². The monoisotopic (exact) mass is 351 g/mol. The third-order valence-electron chi connectivity index (χ3n) is 7.29. The Labute approximate surface area is 156 Å². The Hall–Kier alpha value is -1.31. The van der Waals surface area contributed by atoms with Crippen molar-refractivity contribution >= 4 is 11.6 Å². The minimum Gasteiger partial charge on any atom is -0.303 e. The SMILES string of the molecule is CN1CCC23CCCC[C@@H]2[C@H]1Cc1ccc(-c2ccc(Cl)cc2)cc13. The molecule has 1 nitrogen and oxygen atoms in total. The second-order valence-corrected chi connectivity index (χ2v) is 8.83. The maximum absolute atomic E-state index is 6.08. The van der Waals surface area contributed by atoms with Crippen LogP contribution in [0.1, 0.15) is 43.2 Å². The Morgan fingerprint density at radius 1 is 1.00 bits per heavy atom. The van der Waals surface area contributed by atoms with Crippen LogP contribution < -0.4 is 0 Å². The molecule has 25 heavy (non-hydrogen) atoms. The van der Waals surface area contributed by atoms with Crippen molar-refractivity contribution in [3.05, 3.63) is 58.6 Å². The Balaban J connectivity index is 1.64. The molecule has 0 N–H and O–H groups in total. The van der Waals surface area contributed by atoms with Gasteiger partial charge < -0.3 is 4.90 Å². The van der Waals surface area contributed by atoms with Gasteiger partial charge in [-0.15, -0.1) is 0 Å². The number of likely N-dealkylation sites (N-methyl/N-ethyl adjacent to an activating group) is 1. The van der Waals surface area contributed by atoms with Crippen LogP contribution in [0.4, 0.5) is 0 Å². The minimum absolute atomic E-state index is 0.436. The van der Waals surface area contributed by atoms with E-state index in [1.807, 2.05) is 12.1 Å². The van der Waals surface area contributed by atoms with Gasteiger partial charge in [-0.3, -0.25) is 0 Å².